The first kappa shape index (κ1) is 32.0. The number of benzene rings is 2. The molecule has 1 fully saturated rings. The second-order valence-electron chi connectivity index (χ2n) is 10.2. The summed E-state index contributed by atoms with van der Waals surface area (Å²) in [7, 11) is 1.54. The van der Waals surface area contributed by atoms with E-state index >= 15 is 0 Å². The standard InChI is InChI=1S/C21H18F4N2O2.C9H10N4O2/c22-14-7-15(23)9-17(8-14)27(12-28)21(6-5-13-3-1-2-4-18(13)21)19(29)26-16-10-20(24,25)11-16;1-15-5-4-13(7-14)9-11-3-2-8(6-10)12-9/h1-4,7-9,12,16H,5-6,10-11H2,(H,26,29);2-3,7H,4-5H2,1H3. The summed E-state index contributed by atoms with van der Waals surface area (Å²) in [6, 6.07) is 12.2. The number of aromatic nitrogens is 2. The molecule has 3 amide bonds. The lowest BCUT2D eigenvalue weighted by molar-refractivity contribution is -0.135. The van der Waals surface area contributed by atoms with Crippen LogP contribution in [0.5, 0.6) is 0 Å². The molecule has 44 heavy (non-hydrogen) atoms. The summed E-state index contributed by atoms with van der Waals surface area (Å²) < 4.78 is 58.9. The van der Waals surface area contributed by atoms with E-state index in [-0.39, 0.29) is 23.8 Å². The van der Waals surface area contributed by atoms with E-state index in [0.717, 1.165) is 22.6 Å². The maximum atomic E-state index is 13.8. The molecule has 0 radical (unpaired) electrons. The van der Waals surface area contributed by atoms with Gasteiger partial charge >= 0.3 is 0 Å². The number of ether oxygens (including phenoxy) is 1. The Morgan fingerprint density at radius 1 is 1.14 bits per heavy atom. The summed E-state index contributed by atoms with van der Waals surface area (Å²) in [5, 5.41) is 11.2. The van der Waals surface area contributed by atoms with Crippen molar-refractivity contribution in [3.05, 3.63) is 83.2 Å². The number of alkyl halides is 2. The molecule has 1 unspecified atom stereocenters. The number of nitrogens with zero attached hydrogens (tertiary/aromatic N) is 5. The van der Waals surface area contributed by atoms with Gasteiger partial charge in [-0.2, -0.15) is 5.26 Å². The number of aryl methyl sites for hydroxylation is 1. The highest BCUT2D eigenvalue weighted by Crippen LogP contribution is 2.45. The second kappa shape index (κ2) is 13.6. The summed E-state index contributed by atoms with van der Waals surface area (Å²) in [6.07, 6.45) is 2.05. The van der Waals surface area contributed by atoms with Crippen molar-refractivity contribution < 1.29 is 36.7 Å². The summed E-state index contributed by atoms with van der Waals surface area (Å²) in [5.74, 6) is -5.05. The minimum atomic E-state index is -2.82. The van der Waals surface area contributed by atoms with Crippen LogP contribution in [0.25, 0.3) is 0 Å². The van der Waals surface area contributed by atoms with Gasteiger partial charge in [0.15, 0.2) is 5.54 Å². The molecule has 0 aliphatic heterocycles. The molecule has 1 heterocycles. The lowest BCUT2D eigenvalue weighted by Gasteiger charge is -2.42. The van der Waals surface area contributed by atoms with Gasteiger partial charge in [0.25, 0.3) is 11.8 Å². The first-order valence-corrected chi connectivity index (χ1v) is 13.5. The number of halogens is 4. The second-order valence-corrected chi connectivity index (χ2v) is 10.2. The van der Waals surface area contributed by atoms with E-state index in [9.17, 15) is 31.9 Å². The Balaban J connectivity index is 0.000000249. The number of methoxy groups -OCH3 is 1. The van der Waals surface area contributed by atoms with E-state index in [0.29, 0.717) is 44.0 Å². The van der Waals surface area contributed by atoms with Crippen LogP contribution in [-0.4, -0.2) is 60.9 Å². The predicted molar refractivity (Wildman–Crippen MR) is 149 cm³/mol. The molecule has 1 atom stereocenters. The predicted octanol–water partition coefficient (Wildman–Crippen LogP) is 3.64. The largest absolute Gasteiger partial charge is 0.383 e. The molecule has 2 aromatic carbocycles. The molecule has 3 aromatic rings. The Morgan fingerprint density at radius 2 is 1.84 bits per heavy atom. The van der Waals surface area contributed by atoms with E-state index in [2.05, 4.69) is 15.3 Å². The third kappa shape index (κ3) is 6.84. The Labute approximate surface area is 250 Å². The molecule has 230 valence electrons. The fraction of sp³-hybridized carbons (Fsp3) is 0.333. The highest BCUT2D eigenvalue weighted by molar-refractivity contribution is 5.98. The monoisotopic (exact) mass is 612 g/mol. The number of fused-ring (bicyclic) bond motifs is 1. The van der Waals surface area contributed by atoms with Crippen LogP contribution in [0.3, 0.4) is 0 Å². The van der Waals surface area contributed by atoms with Crippen molar-refractivity contribution in [2.24, 2.45) is 0 Å². The average molecular weight is 613 g/mol. The molecule has 1 aromatic heterocycles. The molecular formula is C30H28F4N6O4. The van der Waals surface area contributed by atoms with E-state index in [1.54, 1.807) is 24.3 Å². The number of anilines is 2. The van der Waals surface area contributed by atoms with Gasteiger partial charge in [-0.3, -0.25) is 24.2 Å². The zero-order chi connectivity index (χ0) is 31.9. The number of amides is 3. The minimum Gasteiger partial charge on any atom is -0.383 e. The maximum absolute atomic E-state index is 13.8. The van der Waals surface area contributed by atoms with Crippen LogP contribution in [0.1, 0.15) is 36.1 Å². The average Bonchev–Trinajstić information content (AvgIpc) is 3.37. The molecule has 10 nitrogen and oxygen atoms in total. The number of nitriles is 1. The van der Waals surface area contributed by atoms with Crippen LogP contribution in [0.2, 0.25) is 0 Å². The van der Waals surface area contributed by atoms with Crippen LogP contribution in [-0.2, 0) is 31.1 Å². The first-order valence-electron chi connectivity index (χ1n) is 13.5. The molecule has 2 aliphatic carbocycles. The smallest absolute Gasteiger partial charge is 0.252 e. The Bertz CT molecular complexity index is 1540. The Hall–Kier alpha value is -4.90. The number of nitrogens with one attached hydrogen (secondary N) is 1. The van der Waals surface area contributed by atoms with Gasteiger partial charge in [-0.05, 0) is 42.2 Å². The summed E-state index contributed by atoms with van der Waals surface area (Å²) in [4.78, 5) is 46.2. The van der Waals surface area contributed by atoms with Crippen molar-refractivity contribution in [1.29, 1.82) is 5.26 Å². The minimum absolute atomic E-state index is 0.122. The molecule has 5 rings (SSSR count). The van der Waals surface area contributed by atoms with Gasteiger partial charge in [-0.25, -0.2) is 27.5 Å². The van der Waals surface area contributed by atoms with Crippen molar-refractivity contribution in [2.45, 2.75) is 43.2 Å². The van der Waals surface area contributed by atoms with Crippen LogP contribution in [0.4, 0.5) is 29.2 Å². The molecule has 0 bridgehead atoms. The molecule has 14 heteroatoms. The zero-order valence-electron chi connectivity index (χ0n) is 23.6. The summed E-state index contributed by atoms with van der Waals surface area (Å²) in [5.41, 5.74) is -0.151. The fourth-order valence-electron chi connectivity index (χ4n) is 5.24. The van der Waals surface area contributed by atoms with Crippen molar-refractivity contribution in [2.75, 3.05) is 30.1 Å². The van der Waals surface area contributed by atoms with Crippen molar-refractivity contribution >= 4 is 30.4 Å². The Kier molecular flexibility index (Phi) is 9.90. The number of carbonyl (C=O) groups is 3. The van der Waals surface area contributed by atoms with Gasteiger partial charge in [0.2, 0.25) is 18.8 Å². The van der Waals surface area contributed by atoms with E-state index < -0.39 is 47.9 Å². The molecule has 0 spiro atoms. The van der Waals surface area contributed by atoms with Crippen molar-refractivity contribution in [1.82, 2.24) is 15.3 Å². The van der Waals surface area contributed by atoms with Gasteiger partial charge < -0.3 is 10.1 Å². The quantitative estimate of drug-likeness (QED) is 0.274. The summed E-state index contributed by atoms with van der Waals surface area (Å²) in [6.45, 7) is 0.744. The highest BCUT2D eigenvalue weighted by Gasteiger charge is 2.53. The van der Waals surface area contributed by atoms with Crippen LogP contribution < -0.4 is 15.1 Å². The van der Waals surface area contributed by atoms with E-state index in [4.69, 9.17) is 10.00 Å². The molecule has 1 saturated carbocycles. The van der Waals surface area contributed by atoms with E-state index in [1.807, 2.05) is 6.07 Å². The normalized spacial score (nSPS) is 18.0. The fourth-order valence-corrected chi connectivity index (χ4v) is 5.24. The Morgan fingerprint density at radius 3 is 2.45 bits per heavy atom. The third-order valence-electron chi connectivity index (χ3n) is 7.34. The number of hydrogen-bond acceptors (Lipinski definition) is 7. The zero-order valence-corrected chi connectivity index (χ0v) is 23.6. The van der Waals surface area contributed by atoms with Crippen LogP contribution in [0, 0.1) is 23.0 Å². The summed E-state index contributed by atoms with van der Waals surface area (Å²) >= 11 is 0. The van der Waals surface area contributed by atoms with Crippen LogP contribution in [0.15, 0.2) is 54.7 Å². The van der Waals surface area contributed by atoms with Gasteiger partial charge in [0, 0.05) is 38.3 Å². The lowest BCUT2D eigenvalue weighted by atomic mass is 9.84. The van der Waals surface area contributed by atoms with Gasteiger partial charge in [-0.15, -0.1) is 0 Å². The molecule has 0 saturated heterocycles. The number of rotatable bonds is 10. The van der Waals surface area contributed by atoms with E-state index in [1.165, 1.54) is 24.3 Å². The first-order chi connectivity index (χ1) is 21.1. The van der Waals surface area contributed by atoms with Crippen LogP contribution >= 0.6 is 0 Å². The molecular weight excluding hydrogens is 584 g/mol. The number of hydrogen-bond donors (Lipinski definition) is 1. The molecule has 2 aliphatic rings. The maximum Gasteiger partial charge on any atom is 0.252 e. The number of carbonyl (C=O) groups excluding carboxylic acids is 3. The van der Waals surface area contributed by atoms with Gasteiger partial charge in [-0.1, -0.05) is 24.3 Å². The highest BCUT2D eigenvalue weighted by atomic mass is 19.3. The van der Waals surface area contributed by atoms with Gasteiger partial charge in [0.1, 0.15) is 23.4 Å². The van der Waals surface area contributed by atoms with Crippen molar-refractivity contribution in [3.8, 4) is 6.07 Å². The SMILES string of the molecule is COCCN(C=O)c1nccc(C#N)n1.O=CN(c1cc(F)cc(F)c1)C1(C(=O)NC2CC(F)(F)C2)CCc2ccccc21. The van der Waals surface area contributed by atoms with Gasteiger partial charge in [0.05, 0.1) is 18.8 Å². The topological polar surface area (TPSA) is 129 Å². The molecule has 1 N–H and O–H groups in total. The lowest BCUT2D eigenvalue weighted by Crippen LogP contribution is -2.60. The van der Waals surface area contributed by atoms with Crippen molar-refractivity contribution in [3.63, 3.8) is 0 Å². The third-order valence-corrected chi connectivity index (χ3v) is 7.34.